The zero-order valence-electron chi connectivity index (χ0n) is 9.70. The lowest BCUT2D eigenvalue weighted by molar-refractivity contribution is 0.111. The highest BCUT2D eigenvalue weighted by Crippen LogP contribution is 2.31. The lowest BCUT2D eigenvalue weighted by atomic mass is 10.2. The van der Waals surface area contributed by atoms with Gasteiger partial charge >= 0.3 is 0 Å². The third-order valence-electron chi connectivity index (χ3n) is 2.53. The van der Waals surface area contributed by atoms with Gasteiger partial charge in [-0.15, -0.1) is 0 Å². The minimum atomic E-state index is 0.239. The van der Waals surface area contributed by atoms with Crippen molar-refractivity contribution in [3.05, 3.63) is 62.0 Å². The molecule has 0 amide bonds. The van der Waals surface area contributed by atoms with Gasteiger partial charge in [0, 0.05) is 5.56 Å². The van der Waals surface area contributed by atoms with E-state index in [4.69, 9.17) is 27.9 Å². The number of ether oxygens (including phenoxy) is 1. The monoisotopic (exact) mass is 358 g/mol. The molecule has 5 heteroatoms. The smallest absolute Gasteiger partial charge is 0.153 e. The van der Waals surface area contributed by atoms with Crippen LogP contribution in [0.4, 0.5) is 0 Å². The third-order valence-corrected chi connectivity index (χ3v) is 4.01. The van der Waals surface area contributed by atoms with E-state index in [2.05, 4.69) is 15.9 Å². The standard InChI is InChI=1S/C14H9BrCl2O2/c15-11-5-1-3-9(7-18)14(11)19-8-10-4-2-6-12(16)13(10)17/h1-7H,8H2. The molecule has 2 nitrogen and oxygen atoms in total. The minimum absolute atomic E-state index is 0.239. The number of carbonyl (C=O) groups is 1. The summed E-state index contributed by atoms with van der Waals surface area (Å²) in [5.74, 6) is 0.494. The van der Waals surface area contributed by atoms with Crippen molar-refractivity contribution in [3.8, 4) is 5.75 Å². The van der Waals surface area contributed by atoms with Crippen molar-refractivity contribution in [2.24, 2.45) is 0 Å². The number of hydrogen-bond acceptors (Lipinski definition) is 2. The molecule has 98 valence electrons. The molecule has 0 heterocycles. The van der Waals surface area contributed by atoms with Gasteiger partial charge in [-0.05, 0) is 34.1 Å². The fraction of sp³-hybridized carbons (Fsp3) is 0.0714. The van der Waals surface area contributed by atoms with Gasteiger partial charge in [0.1, 0.15) is 12.4 Å². The Hall–Kier alpha value is -1.03. The van der Waals surface area contributed by atoms with E-state index >= 15 is 0 Å². The van der Waals surface area contributed by atoms with Crippen molar-refractivity contribution in [3.63, 3.8) is 0 Å². The van der Waals surface area contributed by atoms with Gasteiger partial charge < -0.3 is 4.74 Å². The predicted molar refractivity (Wildman–Crippen MR) is 80.3 cm³/mol. The van der Waals surface area contributed by atoms with Crippen molar-refractivity contribution in [1.29, 1.82) is 0 Å². The summed E-state index contributed by atoms with van der Waals surface area (Å²) in [4.78, 5) is 11.0. The number of carbonyl (C=O) groups excluding carboxylic acids is 1. The molecule has 2 rings (SSSR count). The molecule has 0 atom stereocenters. The highest BCUT2D eigenvalue weighted by atomic mass is 79.9. The van der Waals surface area contributed by atoms with Gasteiger partial charge in [-0.2, -0.15) is 0 Å². The lowest BCUT2D eigenvalue weighted by Crippen LogP contribution is -2.00. The van der Waals surface area contributed by atoms with Gasteiger partial charge in [-0.25, -0.2) is 0 Å². The van der Waals surface area contributed by atoms with Crippen LogP contribution in [0, 0.1) is 0 Å². The lowest BCUT2D eigenvalue weighted by Gasteiger charge is -2.11. The Kier molecular flexibility index (Phi) is 4.86. The molecule has 0 bridgehead atoms. The minimum Gasteiger partial charge on any atom is -0.487 e. The Balaban J connectivity index is 2.24. The van der Waals surface area contributed by atoms with E-state index in [-0.39, 0.29) is 6.61 Å². The first-order valence-corrected chi connectivity index (χ1v) is 6.97. The van der Waals surface area contributed by atoms with Gasteiger partial charge in [0.2, 0.25) is 0 Å². The first-order chi connectivity index (χ1) is 9.13. The zero-order chi connectivity index (χ0) is 13.8. The van der Waals surface area contributed by atoms with Crippen molar-refractivity contribution in [2.75, 3.05) is 0 Å². The Morgan fingerprint density at radius 1 is 1.16 bits per heavy atom. The van der Waals surface area contributed by atoms with Crippen LogP contribution in [0.25, 0.3) is 0 Å². The molecule has 0 N–H and O–H groups in total. The number of halogens is 3. The van der Waals surface area contributed by atoms with Gasteiger partial charge in [-0.1, -0.05) is 41.4 Å². The van der Waals surface area contributed by atoms with Crippen LogP contribution >= 0.6 is 39.1 Å². The summed E-state index contributed by atoms with van der Waals surface area (Å²) in [6.45, 7) is 0.239. The molecule has 0 spiro atoms. The van der Waals surface area contributed by atoms with Crippen LogP contribution < -0.4 is 4.74 Å². The van der Waals surface area contributed by atoms with Crippen LogP contribution in [0.3, 0.4) is 0 Å². The van der Waals surface area contributed by atoms with Crippen LogP contribution in [0.5, 0.6) is 5.75 Å². The van der Waals surface area contributed by atoms with E-state index in [0.29, 0.717) is 21.4 Å². The van der Waals surface area contributed by atoms with Crippen molar-refractivity contribution < 1.29 is 9.53 Å². The van der Waals surface area contributed by atoms with E-state index in [1.807, 2.05) is 12.1 Å². The van der Waals surface area contributed by atoms with Crippen LogP contribution in [0.15, 0.2) is 40.9 Å². The molecule has 0 unspecified atom stereocenters. The van der Waals surface area contributed by atoms with Crippen LogP contribution in [-0.2, 0) is 6.61 Å². The topological polar surface area (TPSA) is 26.3 Å². The summed E-state index contributed by atoms with van der Waals surface area (Å²) in [5, 5.41) is 0.939. The first-order valence-electron chi connectivity index (χ1n) is 5.43. The number of rotatable bonds is 4. The molecule has 0 saturated carbocycles. The van der Waals surface area contributed by atoms with Gasteiger partial charge in [0.15, 0.2) is 6.29 Å². The molecule has 0 aromatic heterocycles. The van der Waals surface area contributed by atoms with Crippen molar-refractivity contribution >= 4 is 45.4 Å². The van der Waals surface area contributed by atoms with Crippen LogP contribution in [0.1, 0.15) is 15.9 Å². The highest BCUT2D eigenvalue weighted by Gasteiger charge is 2.10. The largest absolute Gasteiger partial charge is 0.487 e. The SMILES string of the molecule is O=Cc1cccc(Br)c1OCc1cccc(Cl)c1Cl. The summed E-state index contributed by atoms with van der Waals surface area (Å²) in [5.41, 5.74) is 1.24. The van der Waals surface area contributed by atoms with E-state index < -0.39 is 0 Å². The van der Waals surface area contributed by atoms with Crippen LogP contribution in [-0.4, -0.2) is 6.29 Å². The molecule has 0 saturated heterocycles. The normalized spacial score (nSPS) is 10.3. The predicted octanol–water partition coefficient (Wildman–Crippen LogP) is 5.15. The summed E-state index contributed by atoms with van der Waals surface area (Å²) < 4.78 is 6.38. The molecule has 2 aromatic carbocycles. The second-order valence-electron chi connectivity index (χ2n) is 3.78. The maximum atomic E-state index is 11.0. The second kappa shape index (κ2) is 6.42. The van der Waals surface area contributed by atoms with Crippen molar-refractivity contribution in [2.45, 2.75) is 6.61 Å². The molecule has 0 aliphatic carbocycles. The van der Waals surface area contributed by atoms with Gasteiger partial charge in [0.05, 0.1) is 20.1 Å². The number of benzene rings is 2. The van der Waals surface area contributed by atoms with E-state index in [9.17, 15) is 4.79 Å². The molecule has 19 heavy (non-hydrogen) atoms. The summed E-state index contributed by atoms with van der Waals surface area (Å²) in [7, 11) is 0. The second-order valence-corrected chi connectivity index (χ2v) is 5.42. The summed E-state index contributed by atoms with van der Waals surface area (Å²) in [6.07, 6.45) is 0.750. The maximum absolute atomic E-state index is 11.0. The number of hydrogen-bond donors (Lipinski definition) is 0. The molecule has 0 radical (unpaired) electrons. The number of para-hydroxylation sites is 1. The summed E-state index contributed by atoms with van der Waals surface area (Å²) >= 11 is 15.4. The number of aldehydes is 1. The Morgan fingerprint density at radius 3 is 2.63 bits per heavy atom. The van der Waals surface area contributed by atoms with Crippen molar-refractivity contribution in [1.82, 2.24) is 0 Å². The van der Waals surface area contributed by atoms with E-state index in [0.717, 1.165) is 16.3 Å². The Bertz CT molecular complexity index is 614. The van der Waals surface area contributed by atoms with Gasteiger partial charge in [0.25, 0.3) is 0 Å². The maximum Gasteiger partial charge on any atom is 0.153 e. The Labute approximate surface area is 129 Å². The fourth-order valence-electron chi connectivity index (χ4n) is 1.58. The Morgan fingerprint density at radius 2 is 1.89 bits per heavy atom. The molecule has 0 aliphatic heterocycles. The molecular formula is C14H9BrCl2O2. The third kappa shape index (κ3) is 3.30. The molecular weight excluding hydrogens is 351 g/mol. The van der Waals surface area contributed by atoms with Gasteiger partial charge in [-0.3, -0.25) is 4.79 Å². The molecule has 0 aliphatic rings. The fourth-order valence-corrected chi connectivity index (χ4v) is 2.45. The first kappa shape index (κ1) is 14.4. The molecule has 0 fully saturated rings. The van der Waals surface area contributed by atoms with Crippen LogP contribution in [0.2, 0.25) is 10.0 Å². The highest BCUT2D eigenvalue weighted by molar-refractivity contribution is 9.10. The zero-order valence-corrected chi connectivity index (χ0v) is 12.8. The van der Waals surface area contributed by atoms with E-state index in [1.165, 1.54) is 0 Å². The summed E-state index contributed by atoms with van der Waals surface area (Å²) in [6, 6.07) is 10.6. The average molecular weight is 360 g/mol. The quantitative estimate of drug-likeness (QED) is 0.706. The average Bonchev–Trinajstić information content (AvgIpc) is 2.41. The molecule has 2 aromatic rings. The van der Waals surface area contributed by atoms with E-state index in [1.54, 1.807) is 24.3 Å².